The Balaban J connectivity index is 2.24. The second-order valence-electron chi connectivity index (χ2n) is 4.99. The van der Waals surface area contributed by atoms with Gasteiger partial charge in [0.1, 0.15) is 11.3 Å². The number of alkyl halides is 1. The lowest BCUT2D eigenvalue weighted by Crippen LogP contribution is -2.32. The molecular weight excluding hydrogens is 266 g/mol. The van der Waals surface area contributed by atoms with Gasteiger partial charge in [-0.25, -0.2) is 4.98 Å². The van der Waals surface area contributed by atoms with Crippen LogP contribution in [0.1, 0.15) is 19.2 Å². The number of rotatable bonds is 3. The second-order valence-corrected chi connectivity index (χ2v) is 5.26. The molecule has 1 fully saturated rings. The number of hydrogen-bond donors (Lipinski definition) is 0. The summed E-state index contributed by atoms with van der Waals surface area (Å²) < 4.78 is 12.8. The van der Waals surface area contributed by atoms with E-state index in [9.17, 15) is 0 Å². The number of halogens is 1. The van der Waals surface area contributed by atoms with Crippen LogP contribution in [-0.2, 0) is 16.2 Å². The molecule has 2 aromatic heterocycles. The first-order valence-electron chi connectivity index (χ1n) is 6.24. The first kappa shape index (κ1) is 12.7. The van der Waals surface area contributed by atoms with Crippen LogP contribution in [-0.4, -0.2) is 34.9 Å². The van der Waals surface area contributed by atoms with Crippen molar-refractivity contribution in [2.75, 3.05) is 20.3 Å². The lowest BCUT2D eigenvalue weighted by Gasteiger charge is -2.26. The number of methoxy groups -OCH3 is 1. The van der Waals surface area contributed by atoms with Crippen molar-refractivity contribution in [3.8, 4) is 5.88 Å². The summed E-state index contributed by atoms with van der Waals surface area (Å²) in [5, 5.41) is 0. The zero-order chi connectivity index (χ0) is 13.5. The molecule has 102 valence electrons. The van der Waals surface area contributed by atoms with E-state index < -0.39 is 0 Å². The SMILES string of the molecule is COc1ccc2nc(CCl)n(C3(C)CCOC3)c2n1. The van der Waals surface area contributed by atoms with Gasteiger partial charge < -0.3 is 14.0 Å². The summed E-state index contributed by atoms with van der Waals surface area (Å²) in [5.41, 5.74) is 1.51. The Hall–Kier alpha value is -1.33. The predicted molar refractivity (Wildman–Crippen MR) is 72.7 cm³/mol. The van der Waals surface area contributed by atoms with E-state index in [0.717, 1.165) is 30.0 Å². The maximum atomic E-state index is 6.03. The first-order valence-corrected chi connectivity index (χ1v) is 6.78. The quantitative estimate of drug-likeness (QED) is 0.810. The maximum absolute atomic E-state index is 6.03. The Morgan fingerprint density at radius 3 is 2.95 bits per heavy atom. The van der Waals surface area contributed by atoms with Gasteiger partial charge in [-0.2, -0.15) is 4.98 Å². The van der Waals surface area contributed by atoms with Gasteiger partial charge in [0, 0.05) is 12.7 Å². The Morgan fingerprint density at radius 1 is 1.47 bits per heavy atom. The number of nitrogens with zero attached hydrogens (tertiary/aromatic N) is 3. The van der Waals surface area contributed by atoms with Crippen molar-refractivity contribution < 1.29 is 9.47 Å². The third-order valence-electron chi connectivity index (χ3n) is 3.61. The van der Waals surface area contributed by atoms with Gasteiger partial charge in [-0.05, 0) is 19.4 Å². The fraction of sp³-hybridized carbons (Fsp3) is 0.538. The molecule has 0 N–H and O–H groups in total. The zero-order valence-corrected chi connectivity index (χ0v) is 11.8. The molecule has 0 bridgehead atoms. The van der Waals surface area contributed by atoms with E-state index in [1.807, 2.05) is 12.1 Å². The maximum Gasteiger partial charge on any atom is 0.215 e. The second kappa shape index (κ2) is 4.65. The minimum Gasteiger partial charge on any atom is -0.481 e. The van der Waals surface area contributed by atoms with E-state index in [4.69, 9.17) is 21.1 Å². The minimum atomic E-state index is -0.141. The molecule has 1 saturated heterocycles. The molecule has 0 amide bonds. The molecule has 3 heterocycles. The van der Waals surface area contributed by atoms with Crippen LogP contribution in [0.2, 0.25) is 0 Å². The van der Waals surface area contributed by atoms with Gasteiger partial charge in [-0.1, -0.05) is 0 Å². The van der Waals surface area contributed by atoms with E-state index in [2.05, 4.69) is 21.5 Å². The van der Waals surface area contributed by atoms with Crippen molar-refractivity contribution in [3.05, 3.63) is 18.0 Å². The van der Waals surface area contributed by atoms with Gasteiger partial charge >= 0.3 is 0 Å². The largest absolute Gasteiger partial charge is 0.481 e. The standard InChI is InChI=1S/C13H16ClN3O2/c1-13(5-6-19-8-13)17-10(7-14)15-9-3-4-11(18-2)16-12(9)17/h3-4H,5-8H2,1-2H3. The molecule has 1 unspecified atom stereocenters. The monoisotopic (exact) mass is 281 g/mol. The number of fused-ring (bicyclic) bond motifs is 1. The van der Waals surface area contributed by atoms with Crippen LogP contribution in [0.5, 0.6) is 5.88 Å². The molecule has 3 rings (SSSR count). The Bertz CT molecular complexity index is 605. The average Bonchev–Trinajstić information content (AvgIpc) is 3.01. The van der Waals surface area contributed by atoms with E-state index in [1.54, 1.807) is 7.11 Å². The molecule has 0 aliphatic carbocycles. The minimum absolute atomic E-state index is 0.141. The summed E-state index contributed by atoms with van der Waals surface area (Å²) >= 11 is 6.03. The summed E-state index contributed by atoms with van der Waals surface area (Å²) in [5.74, 6) is 1.76. The van der Waals surface area contributed by atoms with Gasteiger partial charge in [0.25, 0.3) is 0 Å². The van der Waals surface area contributed by atoms with Crippen LogP contribution in [0.3, 0.4) is 0 Å². The van der Waals surface area contributed by atoms with Crippen LogP contribution >= 0.6 is 11.6 Å². The third kappa shape index (κ3) is 1.97. The van der Waals surface area contributed by atoms with E-state index in [-0.39, 0.29) is 5.54 Å². The van der Waals surface area contributed by atoms with Gasteiger partial charge in [0.05, 0.1) is 25.1 Å². The predicted octanol–water partition coefficient (Wildman–Crippen LogP) is 2.31. The molecule has 0 aromatic carbocycles. The molecule has 0 saturated carbocycles. The average molecular weight is 282 g/mol. The Morgan fingerprint density at radius 2 is 2.32 bits per heavy atom. The van der Waals surface area contributed by atoms with E-state index >= 15 is 0 Å². The van der Waals surface area contributed by atoms with Crippen LogP contribution < -0.4 is 4.74 Å². The summed E-state index contributed by atoms with van der Waals surface area (Å²) in [6, 6.07) is 3.72. The summed E-state index contributed by atoms with van der Waals surface area (Å²) in [4.78, 5) is 9.07. The highest BCUT2D eigenvalue weighted by Crippen LogP contribution is 2.32. The van der Waals surface area contributed by atoms with Crippen molar-refractivity contribution in [1.82, 2.24) is 14.5 Å². The molecule has 2 aromatic rings. The highest BCUT2D eigenvalue weighted by atomic mass is 35.5. The van der Waals surface area contributed by atoms with Gasteiger partial charge in [-0.3, -0.25) is 0 Å². The topological polar surface area (TPSA) is 49.2 Å². The van der Waals surface area contributed by atoms with Crippen LogP contribution in [0, 0.1) is 0 Å². The van der Waals surface area contributed by atoms with Crippen LogP contribution in [0.25, 0.3) is 11.2 Å². The highest BCUT2D eigenvalue weighted by molar-refractivity contribution is 6.16. The van der Waals surface area contributed by atoms with Crippen LogP contribution in [0.15, 0.2) is 12.1 Å². The van der Waals surface area contributed by atoms with E-state index in [0.29, 0.717) is 18.4 Å². The zero-order valence-electron chi connectivity index (χ0n) is 11.0. The van der Waals surface area contributed by atoms with Gasteiger partial charge in [0.15, 0.2) is 5.65 Å². The fourth-order valence-electron chi connectivity index (χ4n) is 2.59. The Labute approximate surface area is 116 Å². The summed E-state index contributed by atoms with van der Waals surface area (Å²) in [6.45, 7) is 3.56. The van der Waals surface area contributed by atoms with Gasteiger partial charge in [0.2, 0.25) is 5.88 Å². The molecule has 6 heteroatoms. The number of ether oxygens (including phenoxy) is 2. The number of hydrogen-bond acceptors (Lipinski definition) is 4. The van der Waals surface area contributed by atoms with Crippen molar-refractivity contribution >= 4 is 22.8 Å². The highest BCUT2D eigenvalue weighted by Gasteiger charge is 2.35. The van der Waals surface area contributed by atoms with E-state index in [1.165, 1.54) is 0 Å². The molecule has 1 aliphatic rings. The molecular formula is C13H16ClN3O2. The molecule has 1 atom stereocenters. The van der Waals surface area contributed by atoms with Crippen molar-refractivity contribution in [1.29, 1.82) is 0 Å². The van der Waals surface area contributed by atoms with Crippen LogP contribution in [0.4, 0.5) is 0 Å². The first-order chi connectivity index (χ1) is 9.18. The summed E-state index contributed by atoms with van der Waals surface area (Å²) in [6.07, 6.45) is 0.932. The molecule has 0 spiro atoms. The number of aromatic nitrogens is 3. The van der Waals surface area contributed by atoms with Crippen molar-refractivity contribution in [2.45, 2.75) is 24.8 Å². The lowest BCUT2D eigenvalue weighted by atomic mass is 10.0. The summed E-state index contributed by atoms with van der Waals surface area (Å²) in [7, 11) is 1.61. The Kier molecular flexibility index (Phi) is 3.11. The van der Waals surface area contributed by atoms with Crippen molar-refractivity contribution in [3.63, 3.8) is 0 Å². The number of pyridine rings is 1. The molecule has 0 radical (unpaired) electrons. The van der Waals surface area contributed by atoms with Crippen molar-refractivity contribution in [2.24, 2.45) is 0 Å². The fourth-order valence-corrected chi connectivity index (χ4v) is 2.77. The molecule has 19 heavy (non-hydrogen) atoms. The lowest BCUT2D eigenvalue weighted by molar-refractivity contribution is 0.162. The number of imidazole rings is 1. The molecule has 5 nitrogen and oxygen atoms in total. The smallest absolute Gasteiger partial charge is 0.215 e. The van der Waals surface area contributed by atoms with Gasteiger partial charge in [-0.15, -0.1) is 11.6 Å². The normalized spacial score (nSPS) is 23.1. The molecule has 1 aliphatic heterocycles. The third-order valence-corrected chi connectivity index (χ3v) is 3.85.